The molecule has 0 radical (unpaired) electrons. The Morgan fingerprint density at radius 1 is 0.767 bits per heavy atom. The summed E-state index contributed by atoms with van der Waals surface area (Å²) in [6, 6.07) is 0. The molecular weight excluding hydrogens is 380 g/mol. The first-order chi connectivity index (χ1) is 13.6. The number of amides is 2. The van der Waals surface area contributed by atoms with Gasteiger partial charge in [0, 0.05) is 26.2 Å². The predicted octanol–water partition coefficient (Wildman–Crippen LogP) is 5.55. The van der Waals surface area contributed by atoms with Crippen LogP contribution in [-0.2, 0) is 9.47 Å². The summed E-state index contributed by atoms with van der Waals surface area (Å²) in [5.41, 5.74) is -0.763. The molecule has 6 nitrogen and oxygen atoms in total. The highest BCUT2D eigenvalue weighted by Gasteiger charge is 2.43. The van der Waals surface area contributed by atoms with Crippen LogP contribution < -0.4 is 0 Å². The van der Waals surface area contributed by atoms with Crippen LogP contribution >= 0.6 is 0 Å². The molecule has 2 amide bonds. The van der Waals surface area contributed by atoms with E-state index in [9.17, 15) is 9.59 Å². The maximum atomic E-state index is 12.4. The Morgan fingerprint density at radius 3 is 1.67 bits per heavy atom. The van der Waals surface area contributed by atoms with Crippen LogP contribution in [0.2, 0.25) is 0 Å². The number of likely N-dealkylation sites (tertiary alicyclic amines) is 2. The second-order valence-corrected chi connectivity index (χ2v) is 11.8. The summed E-state index contributed by atoms with van der Waals surface area (Å²) in [7, 11) is 0. The Bertz CT molecular complexity index is 610. The minimum atomic E-state index is -0.456. The van der Waals surface area contributed by atoms with Gasteiger partial charge in [-0.15, -0.1) is 0 Å². The second kappa shape index (κ2) is 8.96. The molecule has 0 aromatic rings. The minimum absolute atomic E-state index is 0.147. The van der Waals surface area contributed by atoms with Gasteiger partial charge in [-0.2, -0.15) is 0 Å². The summed E-state index contributed by atoms with van der Waals surface area (Å²) in [6.07, 6.45) is 2.63. The lowest BCUT2D eigenvalue weighted by Gasteiger charge is -2.46. The highest BCUT2D eigenvalue weighted by molar-refractivity contribution is 5.68. The third-order valence-corrected chi connectivity index (χ3v) is 6.96. The van der Waals surface area contributed by atoms with Gasteiger partial charge < -0.3 is 19.3 Å². The fraction of sp³-hybridized carbons (Fsp3) is 0.917. The quantitative estimate of drug-likeness (QED) is 0.596. The summed E-state index contributed by atoms with van der Waals surface area (Å²) in [5, 5.41) is 0. The minimum Gasteiger partial charge on any atom is -0.444 e. The van der Waals surface area contributed by atoms with Crippen LogP contribution in [0.15, 0.2) is 0 Å². The van der Waals surface area contributed by atoms with E-state index in [1.165, 1.54) is 0 Å². The number of carbonyl (C=O) groups excluding carboxylic acids is 2. The Labute approximate surface area is 183 Å². The van der Waals surface area contributed by atoms with Crippen LogP contribution in [0.25, 0.3) is 0 Å². The normalized spacial score (nSPS) is 22.8. The summed E-state index contributed by atoms with van der Waals surface area (Å²) in [4.78, 5) is 28.5. The SMILES string of the molecule is CC(C1CCN(C(=O)OC(C)(C)C)C1)C(C)(C)C1CCN(C(=O)OC(C)(C)C)CC1. The Morgan fingerprint density at radius 2 is 1.20 bits per heavy atom. The first-order valence-electron chi connectivity index (χ1n) is 11.6. The summed E-state index contributed by atoms with van der Waals surface area (Å²) in [5.74, 6) is 1.53. The molecule has 2 rings (SSSR count). The van der Waals surface area contributed by atoms with Crippen molar-refractivity contribution in [1.29, 1.82) is 0 Å². The fourth-order valence-electron chi connectivity index (χ4n) is 4.80. The van der Waals surface area contributed by atoms with Gasteiger partial charge >= 0.3 is 12.2 Å². The topological polar surface area (TPSA) is 59.1 Å². The summed E-state index contributed by atoms with van der Waals surface area (Å²) < 4.78 is 11.1. The van der Waals surface area contributed by atoms with Crippen LogP contribution in [0.1, 0.15) is 81.6 Å². The molecule has 2 aliphatic rings. The third-order valence-electron chi connectivity index (χ3n) is 6.96. The predicted molar refractivity (Wildman–Crippen MR) is 119 cm³/mol. The molecule has 0 aliphatic carbocycles. The Hall–Kier alpha value is -1.46. The van der Waals surface area contributed by atoms with E-state index in [4.69, 9.17) is 9.47 Å². The number of piperidine rings is 1. The lowest BCUT2D eigenvalue weighted by Crippen LogP contribution is -2.46. The van der Waals surface area contributed by atoms with E-state index in [1.54, 1.807) is 0 Å². The van der Waals surface area contributed by atoms with Gasteiger partial charge in [0.25, 0.3) is 0 Å². The number of carbonyl (C=O) groups is 2. The molecular formula is C24H44N2O4. The molecule has 6 heteroatoms. The van der Waals surface area contributed by atoms with Crippen molar-refractivity contribution in [3.8, 4) is 0 Å². The van der Waals surface area contributed by atoms with E-state index >= 15 is 0 Å². The Balaban J connectivity index is 1.90. The van der Waals surface area contributed by atoms with Crippen LogP contribution in [-0.4, -0.2) is 59.4 Å². The van der Waals surface area contributed by atoms with E-state index in [1.807, 2.05) is 51.3 Å². The maximum absolute atomic E-state index is 12.4. The molecule has 0 bridgehead atoms. The molecule has 2 atom stereocenters. The van der Waals surface area contributed by atoms with Gasteiger partial charge in [0.2, 0.25) is 0 Å². The maximum Gasteiger partial charge on any atom is 0.410 e. The molecule has 174 valence electrons. The van der Waals surface area contributed by atoms with Crippen LogP contribution in [0.3, 0.4) is 0 Å². The van der Waals surface area contributed by atoms with Crippen LogP contribution in [0.5, 0.6) is 0 Å². The molecule has 30 heavy (non-hydrogen) atoms. The molecule has 0 aromatic carbocycles. The fourth-order valence-corrected chi connectivity index (χ4v) is 4.80. The molecule has 2 unspecified atom stereocenters. The third kappa shape index (κ3) is 6.52. The van der Waals surface area contributed by atoms with E-state index in [0.29, 0.717) is 17.8 Å². The van der Waals surface area contributed by atoms with Crippen LogP contribution in [0, 0.1) is 23.2 Å². The van der Waals surface area contributed by atoms with Crippen molar-refractivity contribution in [2.24, 2.45) is 23.2 Å². The van der Waals surface area contributed by atoms with E-state index in [0.717, 1.165) is 45.4 Å². The van der Waals surface area contributed by atoms with Gasteiger partial charge in [-0.3, -0.25) is 0 Å². The molecule has 0 N–H and O–H groups in total. The molecule has 2 saturated heterocycles. The van der Waals surface area contributed by atoms with Crippen molar-refractivity contribution in [2.45, 2.75) is 92.8 Å². The van der Waals surface area contributed by atoms with Gasteiger partial charge in [-0.25, -0.2) is 9.59 Å². The summed E-state index contributed by atoms with van der Waals surface area (Å²) in [6.45, 7) is 21.6. The van der Waals surface area contributed by atoms with E-state index in [-0.39, 0.29) is 17.6 Å². The van der Waals surface area contributed by atoms with Gasteiger partial charge in [0.05, 0.1) is 0 Å². The zero-order valence-electron chi connectivity index (χ0n) is 20.7. The smallest absolute Gasteiger partial charge is 0.410 e. The number of hydrogen-bond donors (Lipinski definition) is 0. The molecule has 0 spiro atoms. The molecule has 2 aliphatic heterocycles. The molecule has 2 fully saturated rings. The number of hydrogen-bond acceptors (Lipinski definition) is 4. The zero-order chi connectivity index (χ0) is 22.9. The van der Waals surface area contributed by atoms with Gasteiger partial charge in [-0.1, -0.05) is 20.8 Å². The van der Waals surface area contributed by atoms with E-state index in [2.05, 4.69) is 20.8 Å². The van der Waals surface area contributed by atoms with Gasteiger partial charge in [0.1, 0.15) is 11.2 Å². The lowest BCUT2D eigenvalue weighted by atomic mass is 9.63. The number of nitrogens with zero attached hydrogens (tertiary/aromatic N) is 2. The van der Waals surface area contributed by atoms with E-state index < -0.39 is 11.2 Å². The van der Waals surface area contributed by atoms with Crippen molar-refractivity contribution in [2.75, 3.05) is 26.2 Å². The largest absolute Gasteiger partial charge is 0.444 e. The molecule has 0 aromatic heterocycles. The van der Waals surface area contributed by atoms with Gasteiger partial charge in [0.15, 0.2) is 0 Å². The second-order valence-electron chi connectivity index (χ2n) is 11.8. The highest BCUT2D eigenvalue weighted by Crippen LogP contribution is 2.46. The first-order valence-corrected chi connectivity index (χ1v) is 11.6. The molecule has 0 saturated carbocycles. The lowest BCUT2D eigenvalue weighted by molar-refractivity contribution is 0.000361. The Kier molecular flexibility index (Phi) is 7.41. The molecule has 2 heterocycles. The zero-order valence-corrected chi connectivity index (χ0v) is 20.7. The van der Waals surface area contributed by atoms with Crippen molar-refractivity contribution < 1.29 is 19.1 Å². The van der Waals surface area contributed by atoms with Crippen molar-refractivity contribution >= 4 is 12.2 Å². The number of ether oxygens (including phenoxy) is 2. The van der Waals surface area contributed by atoms with Crippen molar-refractivity contribution in [3.05, 3.63) is 0 Å². The summed E-state index contributed by atoms with van der Waals surface area (Å²) >= 11 is 0. The van der Waals surface area contributed by atoms with Gasteiger partial charge in [-0.05, 0) is 84.0 Å². The monoisotopic (exact) mass is 424 g/mol. The standard InChI is InChI=1S/C24H44N2O4/c1-17(18-10-13-26(16-18)21(28)30-23(5,6)7)24(8,9)19-11-14-25(15-12-19)20(27)29-22(2,3)4/h17-19H,10-16H2,1-9H3. The highest BCUT2D eigenvalue weighted by atomic mass is 16.6. The first kappa shape index (κ1) is 24.8. The van der Waals surface area contributed by atoms with Crippen molar-refractivity contribution in [3.63, 3.8) is 0 Å². The average Bonchev–Trinajstić information content (AvgIpc) is 3.08. The van der Waals surface area contributed by atoms with Crippen molar-refractivity contribution in [1.82, 2.24) is 9.80 Å². The number of rotatable bonds is 3. The average molecular weight is 425 g/mol. The van der Waals surface area contributed by atoms with Crippen LogP contribution in [0.4, 0.5) is 9.59 Å².